The van der Waals surface area contributed by atoms with Gasteiger partial charge in [0, 0.05) is 8.59 Å². The van der Waals surface area contributed by atoms with E-state index in [1.54, 1.807) is 12.1 Å². The van der Waals surface area contributed by atoms with Crippen LogP contribution in [0.4, 0.5) is 4.39 Å². The van der Waals surface area contributed by atoms with Crippen LogP contribution in [0.2, 0.25) is 5.02 Å². The molecule has 0 saturated heterocycles. The Bertz CT molecular complexity index is 494. The summed E-state index contributed by atoms with van der Waals surface area (Å²) in [6.45, 7) is 0. The highest BCUT2D eigenvalue weighted by atomic mass is 127. The molecule has 0 atom stereocenters. The second-order valence-electron chi connectivity index (χ2n) is 3.54. The van der Waals surface area contributed by atoms with E-state index in [9.17, 15) is 4.39 Å². The fraction of sp³-hybridized carbons (Fsp3) is 0.0769. The Morgan fingerprint density at radius 3 is 2.44 bits per heavy atom. The van der Waals surface area contributed by atoms with Crippen LogP contribution in [0.5, 0.6) is 0 Å². The third-order valence-corrected chi connectivity index (χ3v) is 3.36. The zero-order valence-electron chi connectivity index (χ0n) is 8.38. The standard InChI is InChI=1S/C13H9ClFI/c14-13-6-5-12(16)8-10(13)7-9-1-3-11(15)4-2-9/h1-6,8H,7H2. The molecule has 0 aliphatic heterocycles. The Hall–Kier alpha value is -0.610. The van der Waals surface area contributed by atoms with Gasteiger partial charge in [-0.15, -0.1) is 0 Å². The molecule has 0 saturated carbocycles. The minimum atomic E-state index is -0.211. The average Bonchev–Trinajstić information content (AvgIpc) is 2.27. The van der Waals surface area contributed by atoms with E-state index in [1.165, 1.54) is 12.1 Å². The van der Waals surface area contributed by atoms with Crippen molar-refractivity contribution in [3.05, 3.63) is 68.0 Å². The predicted molar refractivity (Wildman–Crippen MR) is 73.4 cm³/mol. The summed E-state index contributed by atoms with van der Waals surface area (Å²) in [7, 11) is 0. The first-order chi connectivity index (χ1) is 7.65. The molecule has 2 rings (SSSR count). The van der Waals surface area contributed by atoms with Gasteiger partial charge >= 0.3 is 0 Å². The number of hydrogen-bond acceptors (Lipinski definition) is 0. The molecule has 2 aromatic carbocycles. The first kappa shape index (κ1) is 11.9. The summed E-state index contributed by atoms with van der Waals surface area (Å²) in [6, 6.07) is 12.4. The van der Waals surface area contributed by atoms with Crippen LogP contribution < -0.4 is 0 Å². The van der Waals surface area contributed by atoms with Crippen LogP contribution in [0.25, 0.3) is 0 Å². The lowest BCUT2D eigenvalue weighted by atomic mass is 10.1. The van der Waals surface area contributed by atoms with Gasteiger partial charge < -0.3 is 0 Å². The summed E-state index contributed by atoms with van der Waals surface area (Å²) >= 11 is 8.35. The zero-order chi connectivity index (χ0) is 11.5. The van der Waals surface area contributed by atoms with Crippen LogP contribution in [0.1, 0.15) is 11.1 Å². The van der Waals surface area contributed by atoms with Crippen LogP contribution in [0, 0.1) is 9.39 Å². The third-order valence-electron chi connectivity index (χ3n) is 2.32. The van der Waals surface area contributed by atoms with Crippen molar-refractivity contribution in [3.63, 3.8) is 0 Å². The Morgan fingerprint density at radius 2 is 1.75 bits per heavy atom. The van der Waals surface area contributed by atoms with E-state index in [-0.39, 0.29) is 5.82 Å². The quantitative estimate of drug-likeness (QED) is 0.693. The minimum absolute atomic E-state index is 0.211. The second-order valence-corrected chi connectivity index (χ2v) is 5.19. The monoisotopic (exact) mass is 346 g/mol. The highest BCUT2D eigenvalue weighted by molar-refractivity contribution is 14.1. The fourth-order valence-electron chi connectivity index (χ4n) is 1.50. The fourth-order valence-corrected chi connectivity index (χ4v) is 2.24. The Kier molecular flexibility index (Phi) is 3.82. The molecule has 0 unspecified atom stereocenters. The van der Waals surface area contributed by atoms with Crippen LogP contribution in [-0.2, 0) is 6.42 Å². The number of hydrogen-bond donors (Lipinski definition) is 0. The molecule has 3 heteroatoms. The van der Waals surface area contributed by atoms with E-state index in [2.05, 4.69) is 22.6 Å². The predicted octanol–water partition coefficient (Wildman–Crippen LogP) is 4.67. The van der Waals surface area contributed by atoms with Crippen LogP contribution in [0.15, 0.2) is 42.5 Å². The van der Waals surface area contributed by atoms with Gasteiger partial charge in [0.25, 0.3) is 0 Å². The Morgan fingerprint density at radius 1 is 1.06 bits per heavy atom. The highest BCUT2D eigenvalue weighted by Crippen LogP contribution is 2.21. The third kappa shape index (κ3) is 2.95. The van der Waals surface area contributed by atoms with E-state index in [0.29, 0.717) is 0 Å². The van der Waals surface area contributed by atoms with E-state index in [4.69, 9.17) is 11.6 Å². The van der Waals surface area contributed by atoms with Gasteiger partial charge in [0.2, 0.25) is 0 Å². The van der Waals surface area contributed by atoms with E-state index >= 15 is 0 Å². The lowest BCUT2D eigenvalue weighted by Gasteiger charge is -2.05. The van der Waals surface area contributed by atoms with Gasteiger partial charge in [-0.1, -0.05) is 23.7 Å². The summed E-state index contributed by atoms with van der Waals surface area (Å²) in [5.41, 5.74) is 2.13. The summed E-state index contributed by atoms with van der Waals surface area (Å²) in [5.74, 6) is -0.211. The summed E-state index contributed by atoms with van der Waals surface area (Å²) < 4.78 is 13.9. The molecule has 2 aromatic rings. The lowest BCUT2D eigenvalue weighted by molar-refractivity contribution is 0.627. The SMILES string of the molecule is Fc1ccc(Cc2cc(I)ccc2Cl)cc1. The van der Waals surface area contributed by atoms with Gasteiger partial charge in [0.15, 0.2) is 0 Å². The maximum Gasteiger partial charge on any atom is 0.123 e. The van der Waals surface area contributed by atoms with Gasteiger partial charge in [0.05, 0.1) is 0 Å². The highest BCUT2D eigenvalue weighted by Gasteiger charge is 2.02. The average molecular weight is 347 g/mol. The van der Waals surface area contributed by atoms with Gasteiger partial charge in [-0.05, 0) is 70.5 Å². The van der Waals surface area contributed by atoms with Gasteiger partial charge in [-0.25, -0.2) is 4.39 Å². The summed E-state index contributed by atoms with van der Waals surface area (Å²) in [6.07, 6.45) is 0.732. The molecule has 0 aliphatic carbocycles. The first-order valence-electron chi connectivity index (χ1n) is 4.83. The van der Waals surface area contributed by atoms with Gasteiger partial charge in [0.1, 0.15) is 5.82 Å². The molecule has 0 fully saturated rings. The van der Waals surface area contributed by atoms with Gasteiger partial charge in [-0.3, -0.25) is 0 Å². The molecule has 0 amide bonds. The molecular formula is C13H9ClFI. The van der Waals surface area contributed by atoms with E-state index in [1.807, 2.05) is 18.2 Å². The molecule has 0 spiro atoms. The molecule has 0 radical (unpaired) electrons. The largest absolute Gasteiger partial charge is 0.207 e. The topological polar surface area (TPSA) is 0 Å². The van der Waals surface area contributed by atoms with Crippen molar-refractivity contribution in [3.8, 4) is 0 Å². The van der Waals surface area contributed by atoms with Crippen molar-refractivity contribution >= 4 is 34.2 Å². The van der Waals surface area contributed by atoms with Gasteiger partial charge in [-0.2, -0.15) is 0 Å². The molecular weight excluding hydrogens is 337 g/mol. The zero-order valence-corrected chi connectivity index (χ0v) is 11.3. The molecule has 0 aromatic heterocycles. The molecule has 0 bridgehead atoms. The van der Waals surface area contributed by atoms with Crippen molar-refractivity contribution in [2.75, 3.05) is 0 Å². The number of benzene rings is 2. The maximum atomic E-state index is 12.7. The van der Waals surface area contributed by atoms with Crippen molar-refractivity contribution < 1.29 is 4.39 Å². The number of rotatable bonds is 2. The van der Waals surface area contributed by atoms with Crippen molar-refractivity contribution in [1.82, 2.24) is 0 Å². The van der Waals surface area contributed by atoms with E-state index < -0.39 is 0 Å². The molecule has 0 heterocycles. The molecule has 16 heavy (non-hydrogen) atoms. The van der Waals surface area contributed by atoms with Crippen molar-refractivity contribution in [2.45, 2.75) is 6.42 Å². The first-order valence-corrected chi connectivity index (χ1v) is 6.29. The van der Waals surface area contributed by atoms with Crippen LogP contribution >= 0.6 is 34.2 Å². The minimum Gasteiger partial charge on any atom is -0.207 e. The van der Waals surface area contributed by atoms with Crippen molar-refractivity contribution in [2.24, 2.45) is 0 Å². The molecule has 0 aliphatic rings. The van der Waals surface area contributed by atoms with Crippen LogP contribution in [0.3, 0.4) is 0 Å². The second kappa shape index (κ2) is 5.15. The maximum absolute atomic E-state index is 12.7. The normalized spacial score (nSPS) is 10.4. The molecule has 0 N–H and O–H groups in total. The smallest absolute Gasteiger partial charge is 0.123 e. The summed E-state index contributed by atoms with van der Waals surface area (Å²) in [4.78, 5) is 0. The Labute approximate surface area is 113 Å². The molecule has 0 nitrogen and oxygen atoms in total. The van der Waals surface area contributed by atoms with E-state index in [0.717, 1.165) is 26.1 Å². The molecule has 82 valence electrons. The number of halogens is 3. The lowest BCUT2D eigenvalue weighted by Crippen LogP contribution is -1.90. The Balaban J connectivity index is 2.26. The van der Waals surface area contributed by atoms with Crippen LogP contribution in [-0.4, -0.2) is 0 Å². The summed E-state index contributed by atoms with van der Waals surface area (Å²) in [5, 5.41) is 0.754. The van der Waals surface area contributed by atoms with Crippen molar-refractivity contribution in [1.29, 1.82) is 0 Å².